The number of halogens is 1. The van der Waals surface area contributed by atoms with Crippen LogP contribution in [-0.2, 0) is 0 Å². The van der Waals surface area contributed by atoms with Gasteiger partial charge in [-0.2, -0.15) is 0 Å². The molecule has 0 saturated heterocycles. The van der Waals surface area contributed by atoms with Crippen LogP contribution in [0, 0.1) is 5.41 Å². The van der Waals surface area contributed by atoms with Crippen molar-refractivity contribution < 1.29 is 4.74 Å². The molecule has 1 unspecified atom stereocenters. The molecule has 1 aliphatic rings. The quantitative estimate of drug-likeness (QED) is 0.838. The Bertz CT molecular complexity index is 365. The van der Waals surface area contributed by atoms with Crippen molar-refractivity contribution in [3.05, 3.63) is 28.7 Å². The predicted octanol–water partition coefficient (Wildman–Crippen LogP) is 3.22. The minimum Gasteiger partial charge on any atom is -0.492 e. The van der Waals surface area contributed by atoms with Crippen LogP contribution in [0.25, 0.3) is 0 Å². The summed E-state index contributed by atoms with van der Waals surface area (Å²) in [6.07, 6.45) is 1.28. The summed E-state index contributed by atoms with van der Waals surface area (Å²) < 4.78 is 6.70. The van der Waals surface area contributed by atoms with Gasteiger partial charge in [0.2, 0.25) is 0 Å². The summed E-state index contributed by atoms with van der Waals surface area (Å²) in [6, 6.07) is 8.63. The Balaban J connectivity index is 1.65. The summed E-state index contributed by atoms with van der Waals surface area (Å²) >= 11 is 3.42. The van der Waals surface area contributed by atoms with Gasteiger partial charge in [0.25, 0.3) is 0 Å². The molecule has 1 aliphatic carbocycles. The summed E-state index contributed by atoms with van der Waals surface area (Å²) in [6.45, 7) is 6.23. The highest BCUT2D eigenvalue weighted by atomic mass is 79.9. The maximum atomic E-state index is 5.64. The molecule has 1 fully saturated rings. The van der Waals surface area contributed by atoms with E-state index in [2.05, 4.69) is 35.1 Å². The van der Waals surface area contributed by atoms with Gasteiger partial charge < -0.3 is 10.1 Å². The van der Waals surface area contributed by atoms with Crippen LogP contribution in [0.5, 0.6) is 5.75 Å². The molecule has 1 atom stereocenters. The number of rotatable bonds is 5. The zero-order valence-electron chi connectivity index (χ0n) is 9.79. The Hall–Kier alpha value is -0.540. The smallest absolute Gasteiger partial charge is 0.120 e. The van der Waals surface area contributed by atoms with E-state index in [9.17, 15) is 0 Å². The fourth-order valence-corrected chi connectivity index (χ4v) is 2.15. The standard InChI is InChI=1S/C13H18BrNO/c1-13(2)9-12(13)15-6-7-16-11-5-3-4-10(14)8-11/h3-5,8,12,15H,6-7,9H2,1-2H3. The van der Waals surface area contributed by atoms with Crippen LogP contribution < -0.4 is 10.1 Å². The maximum absolute atomic E-state index is 5.64. The molecule has 0 bridgehead atoms. The lowest BCUT2D eigenvalue weighted by Gasteiger charge is -2.08. The minimum atomic E-state index is 0.496. The van der Waals surface area contributed by atoms with E-state index in [4.69, 9.17) is 4.74 Å². The second-order valence-electron chi connectivity index (χ2n) is 5.01. The molecule has 1 N–H and O–H groups in total. The Morgan fingerprint density at radius 1 is 1.50 bits per heavy atom. The molecule has 88 valence electrons. The topological polar surface area (TPSA) is 21.3 Å². The van der Waals surface area contributed by atoms with Crippen LogP contribution in [0.4, 0.5) is 0 Å². The van der Waals surface area contributed by atoms with Gasteiger partial charge in [0.15, 0.2) is 0 Å². The molecule has 0 amide bonds. The molecule has 3 heteroatoms. The van der Waals surface area contributed by atoms with Crippen LogP contribution in [-0.4, -0.2) is 19.2 Å². The SMILES string of the molecule is CC1(C)CC1NCCOc1cccc(Br)c1. The van der Waals surface area contributed by atoms with Crippen molar-refractivity contribution in [2.75, 3.05) is 13.2 Å². The molecule has 0 heterocycles. The minimum absolute atomic E-state index is 0.496. The van der Waals surface area contributed by atoms with Crippen molar-refractivity contribution >= 4 is 15.9 Å². The Labute approximate surface area is 106 Å². The Kier molecular flexibility index (Phi) is 3.55. The first-order valence-corrected chi connectivity index (χ1v) is 6.49. The number of hydrogen-bond donors (Lipinski definition) is 1. The van der Waals surface area contributed by atoms with Gasteiger partial charge in [-0.3, -0.25) is 0 Å². The Morgan fingerprint density at radius 2 is 2.25 bits per heavy atom. The zero-order chi connectivity index (χ0) is 11.6. The van der Waals surface area contributed by atoms with E-state index in [0.29, 0.717) is 11.5 Å². The fourth-order valence-electron chi connectivity index (χ4n) is 1.77. The molecule has 0 aliphatic heterocycles. The first-order chi connectivity index (χ1) is 7.58. The van der Waals surface area contributed by atoms with Crippen molar-refractivity contribution in [3.63, 3.8) is 0 Å². The van der Waals surface area contributed by atoms with Gasteiger partial charge in [-0.15, -0.1) is 0 Å². The molecule has 1 saturated carbocycles. The van der Waals surface area contributed by atoms with E-state index >= 15 is 0 Å². The largest absolute Gasteiger partial charge is 0.492 e. The van der Waals surface area contributed by atoms with Crippen molar-refractivity contribution in [2.45, 2.75) is 26.3 Å². The van der Waals surface area contributed by atoms with Gasteiger partial charge in [0, 0.05) is 17.1 Å². The summed E-state index contributed by atoms with van der Waals surface area (Å²) in [5, 5.41) is 3.50. The molecule has 16 heavy (non-hydrogen) atoms. The van der Waals surface area contributed by atoms with Crippen LogP contribution >= 0.6 is 15.9 Å². The first kappa shape index (κ1) is 11.9. The van der Waals surface area contributed by atoms with Crippen LogP contribution in [0.1, 0.15) is 20.3 Å². The predicted molar refractivity (Wildman–Crippen MR) is 69.8 cm³/mol. The van der Waals surface area contributed by atoms with E-state index in [1.54, 1.807) is 0 Å². The normalized spacial score (nSPS) is 21.8. The lowest BCUT2D eigenvalue weighted by Crippen LogP contribution is -2.25. The van der Waals surface area contributed by atoms with Crippen molar-refractivity contribution in [2.24, 2.45) is 5.41 Å². The van der Waals surface area contributed by atoms with Crippen LogP contribution in [0.3, 0.4) is 0 Å². The molecule has 2 rings (SSSR count). The van der Waals surface area contributed by atoms with E-state index in [-0.39, 0.29) is 0 Å². The highest BCUT2D eigenvalue weighted by molar-refractivity contribution is 9.10. The van der Waals surface area contributed by atoms with Crippen molar-refractivity contribution in [3.8, 4) is 5.75 Å². The second kappa shape index (κ2) is 4.76. The third-order valence-corrected chi connectivity index (χ3v) is 3.56. The molecular formula is C13H18BrNO. The molecule has 2 nitrogen and oxygen atoms in total. The number of hydrogen-bond acceptors (Lipinski definition) is 2. The Morgan fingerprint density at radius 3 is 2.88 bits per heavy atom. The number of benzene rings is 1. The monoisotopic (exact) mass is 283 g/mol. The molecule has 1 aromatic rings. The third-order valence-electron chi connectivity index (χ3n) is 3.07. The highest BCUT2D eigenvalue weighted by Gasteiger charge is 2.44. The van der Waals surface area contributed by atoms with E-state index < -0.39 is 0 Å². The lowest BCUT2D eigenvalue weighted by molar-refractivity contribution is 0.310. The molecule has 0 radical (unpaired) electrons. The highest BCUT2D eigenvalue weighted by Crippen LogP contribution is 2.44. The maximum Gasteiger partial charge on any atom is 0.120 e. The summed E-state index contributed by atoms with van der Waals surface area (Å²) in [7, 11) is 0. The van der Waals surface area contributed by atoms with E-state index in [1.807, 2.05) is 24.3 Å². The first-order valence-electron chi connectivity index (χ1n) is 5.70. The molecule has 0 aromatic heterocycles. The van der Waals surface area contributed by atoms with Crippen LogP contribution in [0.15, 0.2) is 28.7 Å². The molecule has 0 spiro atoms. The van der Waals surface area contributed by atoms with Gasteiger partial charge in [-0.1, -0.05) is 35.8 Å². The van der Waals surface area contributed by atoms with E-state index in [0.717, 1.165) is 23.4 Å². The molecule has 1 aromatic carbocycles. The number of nitrogens with one attached hydrogen (secondary N) is 1. The lowest BCUT2D eigenvalue weighted by atomic mass is 10.2. The summed E-state index contributed by atoms with van der Waals surface area (Å²) in [4.78, 5) is 0. The van der Waals surface area contributed by atoms with Gasteiger partial charge in [0.1, 0.15) is 12.4 Å². The average molecular weight is 284 g/mol. The summed E-state index contributed by atoms with van der Waals surface area (Å²) in [5.41, 5.74) is 0.496. The second-order valence-corrected chi connectivity index (χ2v) is 5.92. The van der Waals surface area contributed by atoms with Crippen LogP contribution in [0.2, 0.25) is 0 Å². The fraction of sp³-hybridized carbons (Fsp3) is 0.538. The van der Waals surface area contributed by atoms with E-state index in [1.165, 1.54) is 6.42 Å². The average Bonchev–Trinajstić information content (AvgIpc) is 2.82. The van der Waals surface area contributed by atoms with Gasteiger partial charge >= 0.3 is 0 Å². The molecular weight excluding hydrogens is 266 g/mol. The van der Waals surface area contributed by atoms with Gasteiger partial charge in [0.05, 0.1) is 0 Å². The summed E-state index contributed by atoms with van der Waals surface area (Å²) in [5.74, 6) is 0.922. The van der Waals surface area contributed by atoms with Crippen molar-refractivity contribution in [1.29, 1.82) is 0 Å². The van der Waals surface area contributed by atoms with Gasteiger partial charge in [-0.05, 0) is 30.0 Å². The number of ether oxygens (including phenoxy) is 1. The zero-order valence-corrected chi connectivity index (χ0v) is 11.4. The third kappa shape index (κ3) is 3.22. The van der Waals surface area contributed by atoms with Crippen molar-refractivity contribution in [1.82, 2.24) is 5.32 Å². The van der Waals surface area contributed by atoms with Gasteiger partial charge in [-0.25, -0.2) is 0 Å².